The summed E-state index contributed by atoms with van der Waals surface area (Å²) in [5.41, 5.74) is 10.1. The molecule has 2 aromatic heterocycles. The Bertz CT molecular complexity index is 2600. The van der Waals surface area contributed by atoms with Gasteiger partial charge in [-0.1, -0.05) is 43.2 Å². The number of aromatic nitrogens is 2. The predicted octanol–water partition coefficient (Wildman–Crippen LogP) is 7.49. The molecule has 2 aliphatic heterocycles. The lowest BCUT2D eigenvalue weighted by Crippen LogP contribution is -2.63. The number of halogens is 1. The fraction of sp³-hybridized carbons (Fsp3) is 0.364. The zero-order valence-electron chi connectivity index (χ0n) is 34.0. The van der Waals surface area contributed by atoms with Crippen molar-refractivity contribution < 1.29 is 37.1 Å². The number of hydrogen-bond acceptors (Lipinski definition) is 11. The molecule has 1 aliphatic carbocycles. The van der Waals surface area contributed by atoms with Gasteiger partial charge in [-0.2, -0.15) is 12.3 Å². The molecule has 3 aromatic carbocycles. The van der Waals surface area contributed by atoms with Gasteiger partial charge in [0.1, 0.15) is 47.8 Å². The first-order valence-electron chi connectivity index (χ1n) is 20.2. The second kappa shape index (κ2) is 17.2. The molecule has 0 bridgehead atoms. The van der Waals surface area contributed by atoms with Crippen molar-refractivity contribution >= 4 is 55.5 Å². The highest BCUT2D eigenvalue weighted by molar-refractivity contribution is 7.91. The van der Waals surface area contributed by atoms with Crippen molar-refractivity contribution in [1.82, 2.24) is 18.8 Å². The lowest BCUT2D eigenvalue weighted by atomic mass is 9.72. The van der Waals surface area contributed by atoms with E-state index in [2.05, 4.69) is 40.8 Å². The van der Waals surface area contributed by atoms with Crippen molar-refractivity contribution in [1.29, 1.82) is 0 Å². The van der Waals surface area contributed by atoms with Crippen LogP contribution in [0.25, 0.3) is 16.6 Å². The largest absolute Gasteiger partial charge is 0.484 e. The molecule has 0 spiro atoms. The Labute approximate surface area is 358 Å². The number of aromatic amines is 1. The summed E-state index contributed by atoms with van der Waals surface area (Å²) in [5, 5.41) is 13.9. The van der Waals surface area contributed by atoms with Crippen LogP contribution >= 0.6 is 11.6 Å². The number of quaternary nitrogens is 1. The third kappa shape index (κ3) is 8.87. The predicted molar refractivity (Wildman–Crippen MR) is 231 cm³/mol. The van der Waals surface area contributed by atoms with E-state index in [0.717, 1.165) is 36.3 Å². The molecule has 2 saturated heterocycles. The fourth-order valence-corrected chi connectivity index (χ4v) is 10.5. The zero-order valence-corrected chi connectivity index (χ0v) is 35.5. The number of ether oxygens (including phenoxy) is 4. The second-order valence-electron chi connectivity index (χ2n) is 16.5. The highest BCUT2D eigenvalue weighted by Gasteiger charge is 2.49. The monoisotopic (exact) mass is 871 g/mol. The lowest BCUT2D eigenvalue weighted by Gasteiger charge is -2.43. The van der Waals surface area contributed by atoms with Crippen LogP contribution in [0.1, 0.15) is 49.0 Å². The van der Waals surface area contributed by atoms with Gasteiger partial charge in [0, 0.05) is 54.4 Å². The SMILES string of the molecule is CC1(C)CCC(CN2CC[N+](c3ccc(C(N)=O)c(Oc4cnc5[nH]ccc5c4)c3)(S(=O)(=O)c3ccc(OC[C@@H]4COCCO4)c([N+](=O)[O-])c3)CC2)=C(c2ccc(Cl)cc2)C1. The molecule has 5 aromatic rings. The molecule has 0 unspecified atom stereocenters. The van der Waals surface area contributed by atoms with E-state index in [-0.39, 0.29) is 53.7 Å². The highest BCUT2D eigenvalue weighted by atomic mass is 35.5. The number of pyridine rings is 1. The smallest absolute Gasteiger partial charge is 0.332 e. The van der Waals surface area contributed by atoms with Gasteiger partial charge < -0.3 is 29.7 Å². The molecule has 2 fully saturated rings. The number of carbonyl (C=O) groups excluding carboxylic acids is 1. The number of carbonyl (C=O) groups is 1. The van der Waals surface area contributed by atoms with E-state index >= 15 is 8.42 Å². The molecule has 4 heterocycles. The van der Waals surface area contributed by atoms with E-state index in [0.29, 0.717) is 55.0 Å². The number of nitro benzene ring substituents is 1. The minimum absolute atomic E-state index is 0.0159. The number of nitrogens with two attached hydrogens (primary N) is 1. The Morgan fingerprint density at radius 3 is 2.57 bits per heavy atom. The third-order valence-corrected chi connectivity index (χ3v) is 14.4. The van der Waals surface area contributed by atoms with E-state index in [1.165, 1.54) is 41.6 Å². The van der Waals surface area contributed by atoms with E-state index < -0.39 is 36.5 Å². The maximum Gasteiger partial charge on any atom is 0.332 e. The topological polar surface area (TPSA) is 189 Å². The summed E-state index contributed by atoms with van der Waals surface area (Å²) in [5.74, 6) is -0.511. The number of rotatable bonds is 13. The summed E-state index contributed by atoms with van der Waals surface area (Å²) in [6, 6.07) is 19.7. The van der Waals surface area contributed by atoms with Crippen molar-refractivity contribution in [2.45, 2.75) is 44.1 Å². The Hall–Kier alpha value is -5.36. The number of sulfonamides is 1. The van der Waals surface area contributed by atoms with Gasteiger partial charge in [0.25, 0.3) is 5.91 Å². The number of H-pyrrole nitrogens is 1. The summed E-state index contributed by atoms with van der Waals surface area (Å²) in [7, 11) is -4.47. The number of nitrogens with zero attached hydrogens (tertiary/aromatic N) is 4. The first kappa shape index (κ1) is 42.3. The number of hydrogen-bond donors (Lipinski definition) is 2. The van der Waals surface area contributed by atoms with Crippen LogP contribution in [0.15, 0.2) is 95.7 Å². The molecule has 320 valence electrons. The number of benzene rings is 3. The number of nitro groups is 1. The van der Waals surface area contributed by atoms with Gasteiger partial charge in [0.15, 0.2) is 11.4 Å². The minimum Gasteiger partial charge on any atom is -0.484 e. The van der Waals surface area contributed by atoms with E-state index in [4.69, 9.17) is 36.3 Å². The third-order valence-electron chi connectivity index (χ3n) is 11.8. The number of piperazine rings is 1. The number of nitrogens with one attached hydrogen (secondary N) is 1. The van der Waals surface area contributed by atoms with Crippen LogP contribution in [0.5, 0.6) is 17.2 Å². The van der Waals surface area contributed by atoms with Crippen molar-refractivity contribution in [2.75, 3.05) is 59.2 Å². The van der Waals surface area contributed by atoms with Gasteiger partial charge in [-0.05, 0) is 78.3 Å². The van der Waals surface area contributed by atoms with Gasteiger partial charge in [0.05, 0.1) is 36.5 Å². The molecule has 17 heteroatoms. The van der Waals surface area contributed by atoms with Crippen molar-refractivity contribution in [3.8, 4) is 17.2 Å². The van der Waals surface area contributed by atoms with Crippen molar-refractivity contribution in [2.24, 2.45) is 11.1 Å². The Morgan fingerprint density at radius 1 is 1.07 bits per heavy atom. The summed E-state index contributed by atoms with van der Waals surface area (Å²) < 4.78 is 53.2. The molecule has 8 rings (SSSR count). The van der Waals surface area contributed by atoms with Gasteiger partial charge in [0.2, 0.25) is 0 Å². The number of primary amides is 1. The molecule has 0 saturated carbocycles. The number of fused-ring (bicyclic) bond motifs is 1. The Kier molecular flexibility index (Phi) is 11.9. The maximum absolute atomic E-state index is 15.3. The summed E-state index contributed by atoms with van der Waals surface area (Å²) in [6.07, 6.45) is 5.61. The second-order valence-corrected chi connectivity index (χ2v) is 19.1. The average molecular weight is 872 g/mol. The van der Waals surface area contributed by atoms with Crippen LogP contribution in [0, 0.1) is 15.5 Å². The molecule has 3 N–H and O–H groups in total. The molecular formula is C44H48ClN6O9S+. The molecule has 0 radical (unpaired) electrons. The molecule has 61 heavy (non-hydrogen) atoms. The lowest BCUT2D eigenvalue weighted by molar-refractivity contribution is -0.386. The molecule has 1 atom stereocenters. The fourth-order valence-electron chi connectivity index (χ4n) is 8.45. The zero-order chi connectivity index (χ0) is 42.9. The van der Waals surface area contributed by atoms with Crippen LogP contribution in [0.4, 0.5) is 11.4 Å². The van der Waals surface area contributed by atoms with Crippen LogP contribution in [0.2, 0.25) is 5.02 Å². The first-order chi connectivity index (χ1) is 29.2. The van der Waals surface area contributed by atoms with Crippen LogP contribution in [-0.2, 0) is 19.5 Å². The van der Waals surface area contributed by atoms with Gasteiger partial charge in [-0.25, -0.2) is 4.98 Å². The van der Waals surface area contributed by atoms with Gasteiger partial charge >= 0.3 is 15.7 Å². The van der Waals surface area contributed by atoms with Crippen molar-refractivity contribution in [3.05, 3.63) is 117 Å². The van der Waals surface area contributed by atoms with E-state index in [1.54, 1.807) is 18.3 Å². The number of allylic oxidation sites excluding steroid dienone is 1. The maximum atomic E-state index is 15.3. The molecule has 15 nitrogen and oxygen atoms in total. The van der Waals surface area contributed by atoms with Crippen LogP contribution in [0.3, 0.4) is 0 Å². The molecule has 1 amide bonds. The summed E-state index contributed by atoms with van der Waals surface area (Å²) in [6.45, 7) is 7.16. The van der Waals surface area contributed by atoms with Gasteiger partial charge in [-0.3, -0.25) is 19.8 Å². The highest BCUT2D eigenvalue weighted by Crippen LogP contribution is 2.45. The van der Waals surface area contributed by atoms with Crippen LogP contribution < -0.4 is 19.1 Å². The standard InChI is InChI=1S/C44H47ClN6O9S/c1-44(2)13-11-31(38(24-44)29-3-5-32(45)6-4-29)26-49-15-17-51(18-16-49,33-7-9-37(42(46)52)41(22-33)60-34-21-30-12-14-47-43(30)48-25-34)61(55,56)36-8-10-40(39(23-36)50(53)54)59-28-35-27-57-19-20-58-35/h3-10,12,14,21-23,25,35H,11,13,15-20,24,26-28H2,1-2H3,(H2-,46,47,48,52)/p+1/t35-/m0/s1. The van der Waals surface area contributed by atoms with E-state index in [9.17, 15) is 14.9 Å². The van der Waals surface area contributed by atoms with Crippen molar-refractivity contribution in [3.63, 3.8) is 0 Å². The molecular weight excluding hydrogens is 824 g/mol. The Morgan fingerprint density at radius 2 is 1.85 bits per heavy atom. The average Bonchev–Trinajstić information content (AvgIpc) is 3.72. The Balaban J connectivity index is 1.16. The summed E-state index contributed by atoms with van der Waals surface area (Å²) in [4.78, 5) is 34.0. The van der Waals surface area contributed by atoms with E-state index in [1.807, 2.05) is 18.2 Å². The quantitative estimate of drug-likeness (QED) is 0.0678. The van der Waals surface area contributed by atoms with Crippen LogP contribution in [-0.4, -0.2) is 99.4 Å². The normalized spacial score (nSPS) is 19.4. The number of amides is 1. The minimum atomic E-state index is -4.47. The summed E-state index contributed by atoms with van der Waals surface area (Å²) >= 11 is 6.26. The molecule has 3 aliphatic rings. The first-order valence-corrected chi connectivity index (χ1v) is 22.0. The van der Waals surface area contributed by atoms with Gasteiger partial charge in [-0.15, -0.1) is 0 Å².